The maximum atomic E-state index is 13.3. The van der Waals surface area contributed by atoms with Crippen molar-refractivity contribution in [3.63, 3.8) is 0 Å². The van der Waals surface area contributed by atoms with E-state index >= 15 is 0 Å². The van der Waals surface area contributed by atoms with Gasteiger partial charge in [0.05, 0.1) is 10.6 Å². The summed E-state index contributed by atoms with van der Waals surface area (Å²) < 4.78 is 35.9. The van der Waals surface area contributed by atoms with Gasteiger partial charge in [0.25, 0.3) is 5.91 Å². The molecular formula is C14H13FN2O3S. The van der Waals surface area contributed by atoms with Crippen molar-refractivity contribution in [2.75, 3.05) is 17.3 Å². The molecule has 0 aliphatic heterocycles. The zero-order valence-electron chi connectivity index (χ0n) is 11.1. The molecular weight excluding hydrogens is 295 g/mol. The highest BCUT2D eigenvalue weighted by atomic mass is 32.2. The fraction of sp³-hybridized carbons (Fsp3) is 0.0714. The van der Waals surface area contributed by atoms with E-state index in [0.717, 1.165) is 12.3 Å². The fourth-order valence-corrected chi connectivity index (χ4v) is 2.29. The van der Waals surface area contributed by atoms with Gasteiger partial charge in [-0.05, 0) is 42.5 Å². The minimum atomic E-state index is -3.31. The number of nitrogens with two attached hydrogens (primary N) is 1. The maximum absolute atomic E-state index is 13.3. The molecule has 0 spiro atoms. The van der Waals surface area contributed by atoms with Gasteiger partial charge in [-0.1, -0.05) is 0 Å². The average Bonchev–Trinajstić information content (AvgIpc) is 2.42. The number of sulfone groups is 1. The Morgan fingerprint density at radius 3 is 2.29 bits per heavy atom. The predicted molar refractivity (Wildman–Crippen MR) is 78.3 cm³/mol. The standard InChI is InChI=1S/C14H13FN2O3S/c1-21(19,20)11-5-2-9(3-6-11)14(18)17-10-4-7-13(16)12(15)8-10/h2-8H,16H2,1H3,(H,17,18). The average molecular weight is 308 g/mol. The number of hydrogen-bond acceptors (Lipinski definition) is 4. The Morgan fingerprint density at radius 2 is 1.76 bits per heavy atom. The van der Waals surface area contributed by atoms with Crippen LogP contribution in [0, 0.1) is 5.82 Å². The highest BCUT2D eigenvalue weighted by Gasteiger charge is 2.10. The van der Waals surface area contributed by atoms with Crippen molar-refractivity contribution >= 4 is 27.1 Å². The van der Waals surface area contributed by atoms with Crippen molar-refractivity contribution < 1.29 is 17.6 Å². The van der Waals surface area contributed by atoms with E-state index in [9.17, 15) is 17.6 Å². The number of benzene rings is 2. The lowest BCUT2D eigenvalue weighted by Crippen LogP contribution is -2.12. The number of rotatable bonds is 3. The zero-order valence-corrected chi connectivity index (χ0v) is 11.9. The van der Waals surface area contributed by atoms with Crippen LogP contribution in [0.3, 0.4) is 0 Å². The molecule has 3 N–H and O–H groups in total. The number of hydrogen-bond donors (Lipinski definition) is 2. The van der Waals surface area contributed by atoms with Gasteiger partial charge in [0.15, 0.2) is 9.84 Å². The SMILES string of the molecule is CS(=O)(=O)c1ccc(C(=O)Nc2ccc(N)c(F)c2)cc1. The fourth-order valence-electron chi connectivity index (χ4n) is 1.66. The summed E-state index contributed by atoms with van der Waals surface area (Å²) in [6, 6.07) is 9.39. The summed E-state index contributed by atoms with van der Waals surface area (Å²) in [7, 11) is -3.31. The number of anilines is 2. The van der Waals surface area contributed by atoms with Gasteiger partial charge in [0, 0.05) is 17.5 Å². The molecule has 2 aromatic rings. The molecule has 0 radical (unpaired) electrons. The molecule has 110 valence electrons. The molecule has 1 amide bonds. The summed E-state index contributed by atoms with van der Waals surface area (Å²) in [6.45, 7) is 0. The van der Waals surface area contributed by atoms with Crippen molar-refractivity contribution in [2.45, 2.75) is 4.90 Å². The van der Waals surface area contributed by atoms with Gasteiger partial charge in [-0.15, -0.1) is 0 Å². The van der Waals surface area contributed by atoms with Crippen LogP contribution in [0.1, 0.15) is 10.4 Å². The van der Waals surface area contributed by atoms with Crippen molar-refractivity contribution in [1.29, 1.82) is 0 Å². The van der Waals surface area contributed by atoms with E-state index < -0.39 is 21.6 Å². The number of carbonyl (C=O) groups excluding carboxylic acids is 1. The molecule has 0 bridgehead atoms. The second-order valence-electron chi connectivity index (χ2n) is 4.49. The lowest BCUT2D eigenvalue weighted by atomic mass is 10.2. The van der Waals surface area contributed by atoms with Crippen LogP contribution < -0.4 is 11.1 Å². The third-order valence-corrected chi connectivity index (χ3v) is 3.93. The quantitative estimate of drug-likeness (QED) is 0.849. The van der Waals surface area contributed by atoms with E-state index in [1.165, 1.54) is 36.4 Å². The molecule has 5 nitrogen and oxygen atoms in total. The van der Waals surface area contributed by atoms with Crippen LogP contribution in [0.4, 0.5) is 15.8 Å². The Morgan fingerprint density at radius 1 is 1.14 bits per heavy atom. The first-order chi connectivity index (χ1) is 9.77. The van der Waals surface area contributed by atoms with Crippen molar-refractivity contribution in [1.82, 2.24) is 0 Å². The van der Waals surface area contributed by atoms with Gasteiger partial charge >= 0.3 is 0 Å². The van der Waals surface area contributed by atoms with Crippen LogP contribution in [-0.4, -0.2) is 20.6 Å². The molecule has 0 aliphatic rings. The summed E-state index contributed by atoms with van der Waals surface area (Å²) in [6.07, 6.45) is 1.08. The van der Waals surface area contributed by atoms with E-state index in [0.29, 0.717) is 0 Å². The van der Waals surface area contributed by atoms with E-state index in [4.69, 9.17) is 5.73 Å². The van der Waals surface area contributed by atoms with E-state index in [1.54, 1.807) is 0 Å². The summed E-state index contributed by atoms with van der Waals surface area (Å²) in [5.74, 6) is -1.10. The molecule has 0 aliphatic carbocycles. The molecule has 0 saturated heterocycles. The molecule has 2 aromatic carbocycles. The normalized spacial score (nSPS) is 11.1. The third-order valence-electron chi connectivity index (χ3n) is 2.80. The van der Waals surface area contributed by atoms with E-state index in [2.05, 4.69) is 5.32 Å². The van der Waals surface area contributed by atoms with Crippen LogP contribution >= 0.6 is 0 Å². The number of halogens is 1. The molecule has 7 heteroatoms. The van der Waals surface area contributed by atoms with E-state index in [1.807, 2.05) is 0 Å². The Kier molecular flexibility index (Phi) is 3.95. The predicted octanol–water partition coefficient (Wildman–Crippen LogP) is 2.06. The minimum Gasteiger partial charge on any atom is -0.396 e. The topological polar surface area (TPSA) is 89.3 Å². The van der Waals surface area contributed by atoms with Crippen molar-refractivity contribution in [3.8, 4) is 0 Å². The molecule has 0 atom stereocenters. The zero-order chi connectivity index (χ0) is 15.6. The van der Waals surface area contributed by atoms with Crippen molar-refractivity contribution in [2.24, 2.45) is 0 Å². The second-order valence-corrected chi connectivity index (χ2v) is 6.50. The Hall–Kier alpha value is -2.41. The van der Waals surface area contributed by atoms with Gasteiger partial charge < -0.3 is 11.1 Å². The highest BCUT2D eigenvalue weighted by Crippen LogP contribution is 2.17. The summed E-state index contributed by atoms with van der Waals surface area (Å²) in [4.78, 5) is 12.1. The molecule has 0 aromatic heterocycles. The third kappa shape index (κ3) is 3.57. The summed E-state index contributed by atoms with van der Waals surface area (Å²) >= 11 is 0. The van der Waals surface area contributed by atoms with Crippen LogP contribution in [0.25, 0.3) is 0 Å². The van der Waals surface area contributed by atoms with Crippen LogP contribution in [0.2, 0.25) is 0 Å². The Balaban J connectivity index is 2.18. The first-order valence-corrected chi connectivity index (χ1v) is 7.83. The van der Waals surface area contributed by atoms with Crippen LogP contribution in [0.15, 0.2) is 47.4 Å². The summed E-state index contributed by atoms with van der Waals surface area (Å²) in [5.41, 5.74) is 5.86. The monoisotopic (exact) mass is 308 g/mol. The number of nitrogens with one attached hydrogen (secondary N) is 1. The van der Waals surface area contributed by atoms with Gasteiger partial charge in [0.1, 0.15) is 5.82 Å². The molecule has 0 heterocycles. The number of carbonyl (C=O) groups is 1. The van der Waals surface area contributed by atoms with E-state index in [-0.39, 0.29) is 21.8 Å². The lowest BCUT2D eigenvalue weighted by molar-refractivity contribution is 0.102. The highest BCUT2D eigenvalue weighted by molar-refractivity contribution is 7.90. The largest absolute Gasteiger partial charge is 0.396 e. The second kappa shape index (κ2) is 5.53. The maximum Gasteiger partial charge on any atom is 0.255 e. The first kappa shape index (κ1) is 15.0. The lowest BCUT2D eigenvalue weighted by Gasteiger charge is -2.07. The van der Waals surface area contributed by atoms with Crippen LogP contribution in [0.5, 0.6) is 0 Å². The molecule has 21 heavy (non-hydrogen) atoms. The van der Waals surface area contributed by atoms with Gasteiger partial charge in [0.2, 0.25) is 0 Å². The molecule has 0 unspecified atom stereocenters. The van der Waals surface area contributed by atoms with Gasteiger partial charge in [-0.3, -0.25) is 4.79 Å². The molecule has 0 saturated carbocycles. The minimum absolute atomic E-state index is 0.00879. The smallest absolute Gasteiger partial charge is 0.255 e. The summed E-state index contributed by atoms with van der Waals surface area (Å²) in [5, 5.41) is 2.50. The molecule has 2 rings (SSSR count). The van der Waals surface area contributed by atoms with Gasteiger partial charge in [-0.25, -0.2) is 12.8 Å². The number of nitrogen functional groups attached to an aromatic ring is 1. The van der Waals surface area contributed by atoms with Gasteiger partial charge in [-0.2, -0.15) is 0 Å². The Labute approximate surface area is 121 Å². The van der Waals surface area contributed by atoms with Crippen molar-refractivity contribution in [3.05, 3.63) is 53.8 Å². The first-order valence-electron chi connectivity index (χ1n) is 5.94. The molecule has 0 fully saturated rings. The van der Waals surface area contributed by atoms with Crippen LogP contribution in [-0.2, 0) is 9.84 Å². The Bertz CT molecular complexity index is 786. The number of amides is 1.